The molecule has 0 aliphatic rings. The van der Waals surface area contributed by atoms with Gasteiger partial charge in [-0.25, -0.2) is 0 Å². The third kappa shape index (κ3) is 4.27. The Labute approximate surface area is 146 Å². The smallest absolute Gasteiger partial charge is 0.255 e. The molecule has 3 rings (SSSR count). The van der Waals surface area contributed by atoms with Crippen molar-refractivity contribution in [3.8, 4) is 0 Å². The Morgan fingerprint density at radius 2 is 1.46 bits per heavy atom. The lowest BCUT2D eigenvalue weighted by Gasteiger charge is -2.07. The molecular weight excluding hydrogens is 314 g/mol. The number of carbonyl (C=O) groups excluding carboxylic acids is 1. The molecule has 0 saturated carbocycles. The first-order valence-electron chi connectivity index (χ1n) is 7.83. The molecule has 0 unspecified atom stereocenters. The maximum absolute atomic E-state index is 12.3. The predicted molar refractivity (Wildman–Crippen MR) is 102 cm³/mol. The third-order valence-electron chi connectivity index (χ3n) is 3.82. The first kappa shape index (κ1) is 16.3. The average molecular weight is 333 g/mol. The number of hydrogen-bond acceptors (Lipinski definition) is 2. The fourth-order valence-electron chi connectivity index (χ4n) is 2.48. The second kappa shape index (κ2) is 7.84. The fraction of sp³-hybridized carbons (Fsp3) is 0.0952. The zero-order valence-electron chi connectivity index (χ0n) is 13.5. The van der Waals surface area contributed by atoms with Crippen LogP contribution in [0.5, 0.6) is 0 Å². The second-order valence-electron chi connectivity index (χ2n) is 5.54. The molecule has 3 aromatic rings. The molecule has 3 heteroatoms. The quantitative estimate of drug-likeness (QED) is 0.646. The van der Waals surface area contributed by atoms with Crippen LogP contribution in [0.15, 0.2) is 83.8 Å². The van der Waals surface area contributed by atoms with Crippen LogP contribution in [0.4, 0.5) is 5.69 Å². The summed E-state index contributed by atoms with van der Waals surface area (Å²) in [5.41, 5.74) is 3.94. The third-order valence-corrected chi connectivity index (χ3v) is 4.56. The van der Waals surface area contributed by atoms with Crippen LogP contribution in [0.2, 0.25) is 0 Å². The molecule has 1 amide bonds. The van der Waals surface area contributed by atoms with Gasteiger partial charge in [-0.2, -0.15) is 0 Å². The maximum atomic E-state index is 12.3. The van der Waals surface area contributed by atoms with Crippen molar-refractivity contribution < 1.29 is 4.79 Å². The number of thioether (sulfide) groups is 1. The highest BCUT2D eigenvalue weighted by Gasteiger charge is 2.06. The van der Waals surface area contributed by atoms with Crippen LogP contribution in [-0.2, 0) is 6.42 Å². The molecule has 0 heterocycles. The van der Waals surface area contributed by atoms with E-state index in [9.17, 15) is 4.79 Å². The normalized spacial score (nSPS) is 10.4. The van der Waals surface area contributed by atoms with Gasteiger partial charge in [-0.3, -0.25) is 4.79 Å². The summed E-state index contributed by atoms with van der Waals surface area (Å²) in [5, 5.41) is 2.93. The van der Waals surface area contributed by atoms with E-state index in [-0.39, 0.29) is 5.91 Å². The van der Waals surface area contributed by atoms with Crippen molar-refractivity contribution in [2.45, 2.75) is 11.3 Å². The molecule has 0 fully saturated rings. The highest BCUT2D eigenvalue weighted by Crippen LogP contribution is 2.18. The zero-order valence-corrected chi connectivity index (χ0v) is 14.3. The topological polar surface area (TPSA) is 29.1 Å². The summed E-state index contributed by atoms with van der Waals surface area (Å²) < 4.78 is 0. The molecule has 1 N–H and O–H groups in total. The Hall–Kier alpha value is -2.52. The van der Waals surface area contributed by atoms with E-state index >= 15 is 0 Å². The van der Waals surface area contributed by atoms with Crippen LogP contribution in [-0.4, -0.2) is 12.2 Å². The van der Waals surface area contributed by atoms with Crippen LogP contribution in [0, 0.1) is 0 Å². The summed E-state index contributed by atoms with van der Waals surface area (Å²) in [5.74, 6) is -0.0850. The molecule has 0 aliphatic heterocycles. The Balaban J connectivity index is 1.64. The van der Waals surface area contributed by atoms with E-state index in [0.717, 1.165) is 12.1 Å². The summed E-state index contributed by atoms with van der Waals surface area (Å²) >= 11 is 1.68. The molecule has 0 aliphatic carbocycles. The Morgan fingerprint density at radius 1 is 0.833 bits per heavy atom. The van der Waals surface area contributed by atoms with E-state index in [1.165, 1.54) is 16.0 Å². The number of carbonyl (C=O) groups is 1. The highest BCUT2D eigenvalue weighted by atomic mass is 32.2. The van der Waals surface area contributed by atoms with Gasteiger partial charge in [0.1, 0.15) is 0 Å². The molecule has 0 atom stereocenters. The van der Waals surface area contributed by atoms with Gasteiger partial charge in [-0.05, 0) is 60.2 Å². The van der Waals surface area contributed by atoms with Crippen LogP contribution in [0.3, 0.4) is 0 Å². The average Bonchev–Trinajstić information content (AvgIpc) is 2.64. The minimum absolute atomic E-state index is 0.0850. The van der Waals surface area contributed by atoms with Gasteiger partial charge in [0, 0.05) is 16.1 Å². The van der Waals surface area contributed by atoms with E-state index in [0.29, 0.717) is 5.56 Å². The first-order chi connectivity index (χ1) is 11.7. The number of benzene rings is 3. The van der Waals surface area contributed by atoms with Gasteiger partial charge in [0.05, 0.1) is 0 Å². The number of hydrogen-bond donors (Lipinski definition) is 1. The van der Waals surface area contributed by atoms with Gasteiger partial charge in [0.2, 0.25) is 0 Å². The fourth-order valence-corrected chi connectivity index (χ4v) is 2.89. The van der Waals surface area contributed by atoms with Crippen molar-refractivity contribution in [2.24, 2.45) is 0 Å². The Bertz CT molecular complexity index is 796. The van der Waals surface area contributed by atoms with Gasteiger partial charge in [-0.15, -0.1) is 11.8 Å². The minimum atomic E-state index is -0.0850. The largest absolute Gasteiger partial charge is 0.322 e. The standard InChI is InChI=1S/C21H19NOS/c1-24-20-13-11-19(12-14-20)22-21(23)18-9-7-17(8-10-18)15-16-5-3-2-4-6-16/h2-14H,15H2,1H3,(H,22,23). The van der Waals surface area contributed by atoms with Crippen molar-refractivity contribution in [2.75, 3.05) is 11.6 Å². The lowest BCUT2D eigenvalue weighted by molar-refractivity contribution is 0.102. The van der Waals surface area contributed by atoms with Gasteiger partial charge in [-0.1, -0.05) is 42.5 Å². The van der Waals surface area contributed by atoms with Crippen molar-refractivity contribution in [1.82, 2.24) is 0 Å². The molecule has 0 saturated heterocycles. The van der Waals surface area contributed by atoms with Crippen molar-refractivity contribution in [3.63, 3.8) is 0 Å². The predicted octanol–water partition coefficient (Wildman–Crippen LogP) is 5.25. The SMILES string of the molecule is CSc1ccc(NC(=O)c2ccc(Cc3ccccc3)cc2)cc1. The number of rotatable bonds is 5. The van der Waals surface area contributed by atoms with Crippen LogP contribution >= 0.6 is 11.8 Å². The van der Waals surface area contributed by atoms with Crippen molar-refractivity contribution >= 4 is 23.4 Å². The first-order valence-corrected chi connectivity index (χ1v) is 9.05. The van der Waals surface area contributed by atoms with Gasteiger partial charge in [0.25, 0.3) is 5.91 Å². The second-order valence-corrected chi connectivity index (χ2v) is 6.42. The molecule has 3 aromatic carbocycles. The van der Waals surface area contributed by atoms with E-state index in [1.807, 2.05) is 73.0 Å². The summed E-state index contributed by atoms with van der Waals surface area (Å²) in [6.45, 7) is 0. The summed E-state index contributed by atoms with van der Waals surface area (Å²) in [4.78, 5) is 13.5. The zero-order chi connectivity index (χ0) is 16.8. The van der Waals surface area contributed by atoms with Crippen molar-refractivity contribution in [1.29, 1.82) is 0 Å². The highest BCUT2D eigenvalue weighted by molar-refractivity contribution is 7.98. The van der Waals surface area contributed by atoms with Crippen LogP contribution in [0.25, 0.3) is 0 Å². The molecule has 2 nitrogen and oxygen atoms in total. The number of nitrogens with one attached hydrogen (secondary N) is 1. The lowest BCUT2D eigenvalue weighted by Crippen LogP contribution is -2.11. The van der Waals surface area contributed by atoms with Crippen molar-refractivity contribution in [3.05, 3.63) is 95.6 Å². The lowest BCUT2D eigenvalue weighted by atomic mass is 10.0. The van der Waals surface area contributed by atoms with Gasteiger partial charge >= 0.3 is 0 Å². The summed E-state index contributed by atoms with van der Waals surface area (Å²) in [6.07, 6.45) is 2.91. The molecule has 0 radical (unpaired) electrons. The van der Waals surface area contributed by atoms with Crippen LogP contribution < -0.4 is 5.32 Å². The van der Waals surface area contributed by atoms with Gasteiger partial charge < -0.3 is 5.32 Å². The molecule has 120 valence electrons. The molecule has 0 spiro atoms. The monoisotopic (exact) mass is 333 g/mol. The van der Waals surface area contributed by atoms with Gasteiger partial charge in [0.15, 0.2) is 0 Å². The Kier molecular flexibility index (Phi) is 5.34. The summed E-state index contributed by atoms with van der Waals surface area (Å²) in [6, 6.07) is 26.0. The van der Waals surface area contributed by atoms with E-state index < -0.39 is 0 Å². The molecule has 0 bridgehead atoms. The maximum Gasteiger partial charge on any atom is 0.255 e. The van der Waals surface area contributed by atoms with Crippen LogP contribution in [0.1, 0.15) is 21.5 Å². The molecule has 0 aromatic heterocycles. The van der Waals surface area contributed by atoms with E-state index in [1.54, 1.807) is 11.8 Å². The number of anilines is 1. The molecular formula is C21H19NOS. The Morgan fingerprint density at radius 3 is 2.08 bits per heavy atom. The minimum Gasteiger partial charge on any atom is -0.322 e. The van der Waals surface area contributed by atoms with E-state index in [4.69, 9.17) is 0 Å². The number of amides is 1. The summed E-state index contributed by atoms with van der Waals surface area (Å²) in [7, 11) is 0. The van der Waals surface area contributed by atoms with E-state index in [2.05, 4.69) is 17.4 Å². The molecule has 24 heavy (non-hydrogen) atoms.